The second kappa shape index (κ2) is 5.85. The summed E-state index contributed by atoms with van der Waals surface area (Å²) >= 11 is 2.40. The fourth-order valence-electron chi connectivity index (χ4n) is 1.36. The molecule has 6 heteroatoms. The Morgan fingerprint density at radius 1 is 1.31 bits per heavy atom. The summed E-state index contributed by atoms with van der Waals surface area (Å²) in [5, 5.41) is 0. The van der Waals surface area contributed by atoms with Crippen molar-refractivity contribution >= 4 is 58.6 Å². The van der Waals surface area contributed by atoms with Crippen LogP contribution < -0.4 is 10.1 Å². The van der Waals surface area contributed by atoms with E-state index in [-0.39, 0.29) is 10.7 Å². The fraction of sp³-hybridized carbons (Fsp3) is 0.300. The quantitative estimate of drug-likeness (QED) is 0.643. The molecule has 86 valence electrons. The number of halogens is 1. The van der Waals surface area contributed by atoms with Crippen LogP contribution in [0.1, 0.15) is 10.4 Å². The first-order valence-electron chi connectivity index (χ1n) is 4.78. The molecule has 1 atom stereocenters. The predicted octanol–water partition coefficient (Wildman–Crippen LogP) is 1.78. The van der Waals surface area contributed by atoms with Crippen molar-refractivity contribution in [2.24, 2.45) is 5.73 Å². The van der Waals surface area contributed by atoms with Gasteiger partial charge in [0.2, 0.25) is 0 Å². The molecule has 2 N–H and O–H groups in total. The number of hydrogen-bond acceptors (Lipinski definition) is 3. The van der Waals surface area contributed by atoms with E-state index in [1.54, 1.807) is 0 Å². The molecule has 1 heterocycles. The van der Waals surface area contributed by atoms with Crippen LogP contribution in [-0.2, 0) is 4.79 Å². The maximum absolute atomic E-state index is 11.0. The van der Waals surface area contributed by atoms with Crippen LogP contribution in [0.15, 0.2) is 24.3 Å². The minimum absolute atomic E-state index is 0.338. The molecule has 1 unspecified atom stereocenters. The Morgan fingerprint density at radius 3 is 2.38 bits per heavy atom. The molecule has 0 spiro atoms. The number of benzene rings is 1. The monoisotopic (exact) mass is 379 g/mol. The van der Waals surface area contributed by atoms with Crippen LogP contribution >= 0.6 is 36.0 Å². The zero-order valence-electron chi connectivity index (χ0n) is 8.43. The number of amides is 1. The van der Waals surface area contributed by atoms with E-state index in [9.17, 15) is 4.79 Å². The van der Waals surface area contributed by atoms with Crippen molar-refractivity contribution in [3.8, 4) is 0 Å². The van der Waals surface area contributed by atoms with Crippen molar-refractivity contribution in [2.75, 3.05) is 11.5 Å². The molecule has 0 saturated carbocycles. The predicted molar refractivity (Wildman–Crippen MR) is 77.6 cm³/mol. The van der Waals surface area contributed by atoms with Gasteiger partial charge in [-0.25, -0.2) is 0 Å². The van der Waals surface area contributed by atoms with E-state index in [2.05, 4.69) is 48.1 Å². The van der Waals surface area contributed by atoms with E-state index < -0.39 is 12.3 Å². The molecule has 2 nitrogen and oxygen atoms in total. The van der Waals surface area contributed by atoms with E-state index in [1.807, 2.05) is 12.1 Å². The van der Waals surface area contributed by atoms with E-state index in [4.69, 9.17) is 5.73 Å². The van der Waals surface area contributed by atoms with E-state index in [0.29, 0.717) is 0 Å². The van der Waals surface area contributed by atoms with Crippen LogP contribution in [0.4, 0.5) is 0 Å². The summed E-state index contributed by atoms with van der Waals surface area (Å²) in [5.41, 5.74) is 6.19. The molecule has 1 aliphatic rings. The first kappa shape index (κ1) is 12.9. The van der Waals surface area contributed by atoms with Gasteiger partial charge in [-0.1, -0.05) is 0 Å². The molecular weight excluding hydrogens is 369 g/mol. The third-order valence-corrected chi connectivity index (χ3v) is 16.9. The molecule has 1 fully saturated rings. The van der Waals surface area contributed by atoms with Crippen molar-refractivity contribution in [3.63, 3.8) is 0 Å². The topological polar surface area (TPSA) is 43.1 Å². The molecule has 1 amide bonds. The standard InChI is InChI=1S/C10H11AsBrNOS2/c12-9(10(13)14)7-1-3-8(4-2-7)11-15-5-6-16-11/h1-4,9H,5-6H2,(H2,13,14). The summed E-state index contributed by atoms with van der Waals surface area (Å²) in [6.45, 7) is 0. The molecule has 16 heavy (non-hydrogen) atoms. The van der Waals surface area contributed by atoms with Crippen LogP contribution in [0.25, 0.3) is 0 Å². The summed E-state index contributed by atoms with van der Waals surface area (Å²) < 4.78 is 1.47. The van der Waals surface area contributed by atoms with E-state index >= 15 is 0 Å². The number of hydrogen-bond donors (Lipinski definition) is 1. The second-order valence-electron chi connectivity index (χ2n) is 3.28. The van der Waals surface area contributed by atoms with Gasteiger partial charge in [-0.15, -0.1) is 0 Å². The summed E-state index contributed by atoms with van der Waals surface area (Å²) in [6, 6.07) is 8.32. The second-order valence-corrected chi connectivity index (χ2v) is 15.9. The Kier molecular flexibility index (Phi) is 4.71. The van der Waals surface area contributed by atoms with Gasteiger partial charge in [-0.05, 0) is 0 Å². The Hall–Kier alpha value is 0.428. The van der Waals surface area contributed by atoms with Crippen molar-refractivity contribution in [1.82, 2.24) is 0 Å². The number of carbonyl (C=O) groups is 1. The van der Waals surface area contributed by atoms with Gasteiger partial charge in [0.25, 0.3) is 0 Å². The molecule has 1 aromatic carbocycles. The third kappa shape index (κ3) is 3.00. The molecular formula is C10H11AsBrNOS2. The number of nitrogens with two attached hydrogens (primary N) is 1. The summed E-state index contributed by atoms with van der Waals surface area (Å²) in [6.07, 6.45) is 0. The Bertz CT molecular complexity index is 381. The molecule has 1 aliphatic heterocycles. The molecule has 0 aromatic heterocycles. The van der Waals surface area contributed by atoms with Gasteiger partial charge in [0.1, 0.15) is 0 Å². The summed E-state index contributed by atoms with van der Waals surface area (Å²) in [4.78, 5) is 10.6. The molecule has 1 aromatic rings. The van der Waals surface area contributed by atoms with E-state index in [1.165, 1.54) is 15.9 Å². The van der Waals surface area contributed by atoms with Gasteiger partial charge in [0.05, 0.1) is 0 Å². The van der Waals surface area contributed by atoms with Crippen molar-refractivity contribution in [2.45, 2.75) is 4.83 Å². The van der Waals surface area contributed by atoms with Gasteiger partial charge in [0.15, 0.2) is 0 Å². The van der Waals surface area contributed by atoms with Gasteiger partial charge >= 0.3 is 115 Å². The summed E-state index contributed by atoms with van der Waals surface area (Å²) in [7, 11) is 4.24. The number of primary amides is 1. The zero-order valence-corrected chi connectivity index (χ0v) is 13.5. The molecule has 0 bridgehead atoms. The van der Waals surface area contributed by atoms with Crippen molar-refractivity contribution in [1.29, 1.82) is 0 Å². The Labute approximate surface area is 114 Å². The van der Waals surface area contributed by atoms with Crippen LogP contribution in [0.2, 0.25) is 0 Å². The molecule has 0 radical (unpaired) electrons. The van der Waals surface area contributed by atoms with Gasteiger partial charge in [0, 0.05) is 0 Å². The van der Waals surface area contributed by atoms with Crippen LogP contribution in [0, 0.1) is 0 Å². The minimum atomic E-state index is -0.882. The third-order valence-electron chi connectivity index (χ3n) is 2.15. The van der Waals surface area contributed by atoms with E-state index in [0.717, 1.165) is 5.56 Å². The van der Waals surface area contributed by atoms with Crippen molar-refractivity contribution in [3.05, 3.63) is 29.8 Å². The Morgan fingerprint density at radius 2 is 1.88 bits per heavy atom. The first-order chi connectivity index (χ1) is 7.68. The molecule has 0 aliphatic carbocycles. The van der Waals surface area contributed by atoms with Crippen LogP contribution in [0.5, 0.6) is 0 Å². The van der Waals surface area contributed by atoms with Crippen LogP contribution in [-0.4, -0.2) is 29.8 Å². The average Bonchev–Trinajstić information content (AvgIpc) is 2.81. The average molecular weight is 380 g/mol. The molecule has 2 rings (SSSR count). The Balaban J connectivity index is 2.12. The first-order valence-corrected chi connectivity index (χ1v) is 13.1. The van der Waals surface area contributed by atoms with Gasteiger partial charge in [-0.3, -0.25) is 0 Å². The van der Waals surface area contributed by atoms with Crippen LogP contribution in [0.3, 0.4) is 0 Å². The fourth-order valence-corrected chi connectivity index (χ4v) is 15.8. The normalized spacial score (nSPS) is 18.6. The number of carbonyl (C=O) groups excluding carboxylic acids is 1. The van der Waals surface area contributed by atoms with Gasteiger partial charge in [-0.2, -0.15) is 0 Å². The maximum atomic E-state index is 11.0. The van der Waals surface area contributed by atoms with Gasteiger partial charge < -0.3 is 0 Å². The number of rotatable bonds is 3. The molecule has 1 saturated heterocycles. The van der Waals surface area contributed by atoms with Crippen molar-refractivity contribution < 1.29 is 4.79 Å². The zero-order chi connectivity index (χ0) is 11.5. The number of alkyl halides is 1. The SMILES string of the molecule is NC(=O)C(Br)c1ccc([As]2SCCS2)cc1. The summed E-state index contributed by atoms with van der Waals surface area (Å²) in [5.74, 6) is 2.24.